The van der Waals surface area contributed by atoms with E-state index in [-0.39, 0.29) is 5.92 Å². The number of ether oxygens (including phenoxy) is 2. The molecule has 18 heavy (non-hydrogen) atoms. The van der Waals surface area contributed by atoms with Gasteiger partial charge in [-0.15, -0.1) is 0 Å². The van der Waals surface area contributed by atoms with E-state index < -0.39 is 17.7 Å². The van der Waals surface area contributed by atoms with E-state index in [4.69, 9.17) is 19.2 Å². The van der Waals surface area contributed by atoms with Crippen molar-refractivity contribution in [1.82, 2.24) is 0 Å². The van der Waals surface area contributed by atoms with Crippen LogP contribution in [-0.2, 0) is 19.2 Å². The van der Waals surface area contributed by atoms with Crippen molar-refractivity contribution in [3.8, 4) is 0 Å². The van der Waals surface area contributed by atoms with Crippen LogP contribution in [0.3, 0.4) is 0 Å². The minimum absolute atomic E-state index is 0.0463. The number of rotatable bonds is 6. The van der Waals surface area contributed by atoms with E-state index in [1.807, 2.05) is 6.92 Å². The molecule has 1 rings (SSSR count). The van der Waals surface area contributed by atoms with Gasteiger partial charge in [0.05, 0.1) is 5.92 Å². The minimum Gasteiger partial charge on any atom is -0.428 e. The molecule has 0 aromatic carbocycles. The number of carbonyl (C=O) groups excluding carboxylic acids is 1. The van der Waals surface area contributed by atoms with E-state index in [1.165, 1.54) is 0 Å². The third-order valence-corrected chi connectivity index (χ3v) is 2.76. The summed E-state index contributed by atoms with van der Waals surface area (Å²) in [6.07, 6.45) is 3.09. The molecule has 5 nitrogen and oxygen atoms in total. The topological polar surface area (TPSA) is 60.6 Å². The molecule has 1 aliphatic rings. The largest absolute Gasteiger partial charge is 0.513 e. The Morgan fingerprint density at radius 3 is 2.28 bits per heavy atom. The summed E-state index contributed by atoms with van der Waals surface area (Å²) in [5, 5.41) is 0. The first-order valence-corrected chi connectivity index (χ1v) is 6.61. The van der Waals surface area contributed by atoms with Crippen molar-refractivity contribution < 1.29 is 24.0 Å². The Hall–Kier alpha value is -0.810. The highest BCUT2D eigenvalue weighted by atomic mass is 17.5. The van der Waals surface area contributed by atoms with Crippen molar-refractivity contribution in [3.05, 3.63) is 0 Å². The normalized spacial score (nSPS) is 19.2. The molecule has 0 aliphatic carbocycles. The van der Waals surface area contributed by atoms with Gasteiger partial charge in [0, 0.05) is 0 Å². The Balaban J connectivity index is 2.50. The van der Waals surface area contributed by atoms with E-state index in [0.717, 1.165) is 25.7 Å². The zero-order valence-corrected chi connectivity index (χ0v) is 11.9. The molecule has 0 radical (unpaired) electrons. The molecule has 0 saturated carbocycles. The molecule has 0 aromatic rings. The van der Waals surface area contributed by atoms with E-state index in [2.05, 4.69) is 6.92 Å². The summed E-state index contributed by atoms with van der Waals surface area (Å²) < 4.78 is 10.3. The van der Waals surface area contributed by atoms with Gasteiger partial charge in [-0.3, -0.25) is 0 Å². The van der Waals surface area contributed by atoms with Gasteiger partial charge in [-0.2, -0.15) is 9.78 Å². The molecule has 1 heterocycles. The van der Waals surface area contributed by atoms with Gasteiger partial charge in [-0.05, 0) is 33.6 Å². The molecule has 1 unspecified atom stereocenters. The highest BCUT2D eigenvalue weighted by Gasteiger charge is 2.60. The summed E-state index contributed by atoms with van der Waals surface area (Å²) in [4.78, 5) is 21.4. The monoisotopic (exact) mass is 260 g/mol. The molecule has 1 atom stereocenters. The van der Waals surface area contributed by atoms with Crippen LogP contribution in [0.4, 0.5) is 4.79 Å². The lowest BCUT2D eigenvalue weighted by atomic mass is 9.97. The van der Waals surface area contributed by atoms with Gasteiger partial charge in [0.2, 0.25) is 0 Å². The lowest BCUT2D eigenvalue weighted by Crippen LogP contribution is -2.33. The van der Waals surface area contributed by atoms with Crippen LogP contribution < -0.4 is 0 Å². The van der Waals surface area contributed by atoms with Crippen LogP contribution in [0.5, 0.6) is 0 Å². The van der Waals surface area contributed by atoms with Crippen molar-refractivity contribution >= 4 is 6.16 Å². The molecule has 0 amide bonds. The number of hydrogen-bond donors (Lipinski definition) is 0. The van der Waals surface area contributed by atoms with Crippen molar-refractivity contribution in [2.45, 2.75) is 71.9 Å². The summed E-state index contributed by atoms with van der Waals surface area (Å²) in [7, 11) is 0. The molecule has 1 saturated heterocycles. The first kappa shape index (κ1) is 15.2. The molecule has 0 spiro atoms. The molecule has 0 bridgehead atoms. The minimum atomic E-state index is -1.22. The van der Waals surface area contributed by atoms with Gasteiger partial charge in [-0.25, -0.2) is 4.79 Å². The Bertz CT molecular complexity index is 278. The maximum Gasteiger partial charge on any atom is 0.513 e. The van der Waals surface area contributed by atoms with Gasteiger partial charge < -0.3 is 9.47 Å². The van der Waals surface area contributed by atoms with Crippen molar-refractivity contribution in [1.29, 1.82) is 0 Å². The Labute approximate surface area is 109 Å². The van der Waals surface area contributed by atoms with Crippen molar-refractivity contribution in [2.24, 2.45) is 5.92 Å². The molecule has 1 aliphatic heterocycles. The quantitative estimate of drug-likeness (QED) is 0.413. The van der Waals surface area contributed by atoms with Crippen LogP contribution in [0.15, 0.2) is 0 Å². The molecule has 5 heteroatoms. The Morgan fingerprint density at radius 2 is 1.89 bits per heavy atom. The average Bonchev–Trinajstić information content (AvgIpc) is 2.96. The lowest BCUT2D eigenvalue weighted by molar-refractivity contribution is -0.0994. The second-order valence-corrected chi connectivity index (χ2v) is 5.58. The summed E-state index contributed by atoms with van der Waals surface area (Å²) in [5.41, 5.74) is -0.585. The van der Waals surface area contributed by atoms with Crippen LogP contribution >= 0.6 is 0 Å². The SMILES string of the molecule is CCCCC(CC)C1(OC(=O)OC(C)(C)C)OO1. The van der Waals surface area contributed by atoms with Gasteiger partial charge >= 0.3 is 12.1 Å². The molecular weight excluding hydrogens is 236 g/mol. The van der Waals surface area contributed by atoms with E-state index in [0.29, 0.717) is 0 Å². The molecule has 106 valence electrons. The van der Waals surface area contributed by atoms with Crippen molar-refractivity contribution in [2.75, 3.05) is 0 Å². The van der Waals surface area contributed by atoms with E-state index in [9.17, 15) is 4.79 Å². The second-order valence-electron chi connectivity index (χ2n) is 5.58. The third kappa shape index (κ3) is 4.46. The average molecular weight is 260 g/mol. The maximum absolute atomic E-state index is 11.6. The predicted molar refractivity (Wildman–Crippen MR) is 65.5 cm³/mol. The fourth-order valence-electron chi connectivity index (χ4n) is 1.76. The molecule has 1 fully saturated rings. The first-order valence-electron chi connectivity index (χ1n) is 6.61. The highest BCUT2D eigenvalue weighted by molar-refractivity contribution is 5.61. The van der Waals surface area contributed by atoms with Crippen LogP contribution in [0, 0.1) is 5.92 Å². The second kappa shape index (κ2) is 5.89. The van der Waals surface area contributed by atoms with Crippen LogP contribution in [0.25, 0.3) is 0 Å². The van der Waals surface area contributed by atoms with Gasteiger partial charge in [0.15, 0.2) is 0 Å². The Kier molecular flexibility index (Phi) is 4.99. The Morgan fingerprint density at radius 1 is 1.28 bits per heavy atom. The number of carbonyl (C=O) groups is 1. The summed E-state index contributed by atoms with van der Waals surface area (Å²) in [5.74, 6) is -1.17. The fraction of sp³-hybridized carbons (Fsp3) is 0.923. The third-order valence-electron chi connectivity index (χ3n) is 2.76. The standard InChI is InChI=1S/C13H24O5/c1-6-8-9-10(7-2)13(17-18-13)16-11(14)15-12(3,4)5/h10H,6-9H2,1-5H3. The van der Waals surface area contributed by atoms with Crippen LogP contribution in [-0.4, -0.2) is 17.7 Å². The van der Waals surface area contributed by atoms with Gasteiger partial charge in [0.25, 0.3) is 0 Å². The number of hydrogen-bond acceptors (Lipinski definition) is 5. The molecular formula is C13H24O5. The van der Waals surface area contributed by atoms with Crippen LogP contribution in [0.1, 0.15) is 60.3 Å². The highest BCUT2D eigenvalue weighted by Crippen LogP contribution is 2.43. The van der Waals surface area contributed by atoms with E-state index >= 15 is 0 Å². The summed E-state index contributed by atoms with van der Waals surface area (Å²) in [6, 6.07) is 0. The molecule has 0 aromatic heterocycles. The predicted octanol–water partition coefficient (Wildman–Crippen LogP) is 3.77. The van der Waals surface area contributed by atoms with Crippen LogP contribution in [0.2, 0.25) is 0 Å². The first-order chi connectivity index (χ1) is 8.33. The summed E-state index contributed by atoms with van der Waals surface area (Å²) >= 11 is 0. The maximum atomic E-state index is 11.6. The van der Waals surface area contributed by atoms with E-state index in [1.54, 1.807) is 20.8 Å². The lowest BCUT2D eigenvalue weighted by Gasteiger charge is -2.22. The van der Waals surface area contributed by atoms with Gasteiger partial charge in [0.1, 0.15) is 5.60 Å². The summed E-state index contributed by atoms with van der Waals surface area (Å²) in [6.45, 7) is 9.48. The zero-order chi connectivity index (χ0) is 13.8. The smallest absolute Gasteiger partial charge is 0.428 e. The van der Waals surface area contributed by atoms with Crippen molar-refractivity contribution in [3.63, 3.8) is 0 Å². The molecule has 0 N–H and O–H groups in total. The number of unbranched alkanes of at least 4 members (excludes halogenated alkanes) is 1. The zero-order valence-electron chi connectivity index (χ0n) is 11.9. The van der Waals surface area contributed by atoms with Gasteiger partial charge in [-0.1, -0.05) is 26.7 Å². The fourth-order valence-corrected chi connectivity index (χ4v) is 1.76.